The summed E-state index contributed by atoms with van der Waals surface area (Å²) in [6, 6.07) is 7.59. The number of hydrogen-bond acceptors (Lipinski definition) is 4. The zero-order chi connectivity index (χ0) is 12.3. The highest BCUT2D eigenvalue weighted by Gasteiger charge is 2.10. The third-order valence-corrected chi connectivity index (χ3v) is 3.40. The Bertz CT molecular complexity index is 539. The minimum Gasteiger partial charge on any atom is -0.465 e. The van der Waals surface area contributed by atoms with Crippen molar-refractivity contribution >= 4 is 28.9 Å². The number of esters is 1. The van der Waals surface area contributed by atoms with Crippen LogP contribution < -0.4 is 0 Å². The molecule has 0 aliphatic carbocycles. The lowest BCUT2D eigenvalue weighted by atomic mass is 10.2. The van der Waals surface area contributed by atoms with Crippen molar-refractivity contribution in [3.8, 4) is 0 Å². The van der Waals surface area contributed by atoms with Crippen molar-refractivity contribution in [2.24, 2.45) is 0 Å². The van der Waals surface area contributed by atoms with E-state index >= 15 is 0 Å². The van der Waals surface area contributed by atoms with Gasteiger partial charge in [-0.15, -0.1) is 11.3 Å². The molecule has 0 fully saturated rings. The van der Waals surface area contributed by atoms with Gasteiger partial charge in [-0.3, -0.25) is 0 Å². The second kappa shape index (κ2) is 5.29. The molecule has 0 unspecified atom stereocenters. The van der Waals surface area contributed by atoms with Gasteiger partial charge in [-0.05, 0) is 17.7 Å². The molecular formula is C12H10ClNO2S. The Hall–Kier alpha value is -1.39. The average Bonchev–Trinajstić information content (AvgIpc) is 2.76. The summed E-state index contributed by atoms with van der Waals surface area (Å²) in [4.78, 5) is 16.0. The molecule has 0 atom stereocenters. The van der Waals surface area contributed by atoms with Gasteiger partial charge in [0.15, 0.2) is 0 Å². The van der Waals surface area contributed by atoms with Gasteiger partial charge in [0.05, 0.1) is 18.3 Å². The van der Waals surface area contributed by atoms with Crippen LogP contribution in [0.1, 0.15) is 20.2 Å². The van der Waals surface area contributed by atoms with Crippen LogP contribution in [0.3, 0.4) is 0 Å². The Morgan fingerprint density at radius 1 is 1.53 bits per heavy atom. The van der Waals surface area contributed by atoms with Crippen LogP contribution >= 0.6 is 22.9 Å². The van der Waals surface area contributed by atoms with Gasteiger partial charge in [0.1, 0.15) is 4.88 Å². The van der Waals surface area contributed by atoms with Gasteiger partial charge >= 0.3 is 5.97 Å². The van der Waals surface area contributed by atoms with E-state index < -0.39 is 0 Å². The van der Waals surface area contributed by atoms with Crippen LogP contribution in [0.5, 0.6) is 0 Å². The molecule has 0 N–H and O–H groups in total. The Balaban J connectivity index is 2.14. The number of carbonyl (C=O) groups is 1. The summed E-state index contributed by atoms with van der Waals surface area (Å²) in [7, 11) is 1.36. The fourth-order valence-corrected chi connectivity index (χ4v) is 2.49. The third kappa shape index (κ3) is 3.05. The number of ether oxygens (including phenoxy) is 1. The minimum absolute atomic E-state index is 0.347. The van der Waals surface area contributed by atoms with E-state index in [9.17, 15) is 4.79 Å². The molecule has 0 radical (unpaired) electrons. The molecule has 1 aromatic carbocycles. The van der Waals surface area contributed by atoms with Gasteiger partial charge < -0.3 is 4.74 Å². The Morgan fingerprint density at radius 2 is 2.35 bits per heavy atom. The number of aromatic nitrogens is 1. The van der Waals surface area contributed by atoms with Crippen molar-refractivity contribution in [3.63, 3.8) is 0 Å². The molecule has 3 nitrogen and oxygen atoms in total. The highest BCUT2D eigenvalue weighted by atomic mass is 35.5. The maximum Gasteiger partial charge on any atom is 0.349 e. The van der Waals surface area contributed by atoms with Gasteiger partial charge in [-0.25, -0.2) is 9.78 Å². The molecule has 2 rings (SSSR count). The lowest BCUT2D eigenvalue weighted by Crippen LogP contribution is -1.96. The first-order valence-corrected chi connectivity index (χ1v) is 6.16. The Morgan fingerprint density at radius 3 is 3.06 bits per heavy atom. The first kappa shape index (κ1) is 12.1. The van der Waals surface area contributed by atoms with Gasteiger partial charge in [-0.2, -0.15) is 0 Å². The summed E-state index contributed by atoms with van der Waals surface area (Å²) < 4.78 is 4.63. The predicted octanol–water partition coefficient (Wildman–Crippen LogP) is 3.17. The van der Waals surface area contributed by atoms with E-state index in [0.29, 0.717) is 16.3 Å². The maximum absolute atomic E-state index is 11.3. The maximum atomic E-state index is 11.3. The average molecular weight is 268 g/mol. The summed E-state index contributed by atoms with van der Waals surface area (Å²) in [5, 5.41) is 1.57. The monoisotopic (exact) mass is 267 g/mol. The van der Waals surface area contributed by atoms with Crippen molar-refractivity contribution < 1.29 is 9.53 Å². The van der Waals surface area contributed by atoms with Crippen LogP contribution in [-0.4, -0.2) is 18.1 Å². The van der Waals surface area contributed by atoms with Crippen LogP contribution in [-0.2, 0) is 11.2 Å². The molecular weight excluding hydrogens is 258 g/mol. The summed E-state index contributed by atoms with van der Waals surface area (Å²) in [6.07, 6.45) is 2.21. The number of hydrogen-bond donors (Lipinski definition) is 0. The van der Waals surface area contributed by atoms with Gasteiger partial charge in [0, 0.05) is 11.4 Å². The van der Waals surface area contributed by atoms with Crippen molar-refractivity contribution in [1.29, 1.82) is 0 Å². The van der Waals surface area contributed by atoms with Crippen LogP contribution in [0.2, 0.25) is 5.02 Å². The van der Waals surface area contributed by atoms with Gasteiger partial charge in [0.25, 0.3) is 0 Å². The molecule has 0 bridgehead atoms. The van der Waals surface area contributed by atoms with E-state index in [-0.39, 0.29) is 5.97 Å². The van der Waals surface area contributed by atoms with Crippen LogP contribution in [0, 0.1) is 0 Å². The first-order valence-electron chi connectivity index (χ1n) is 4.96. The molecule has 0 spiro atoms. The summed E-state index contributed by atoms with van der Waals surface area (Å²) in [5.41, 5.74) is 1.07. The topological polar surface area (TPSA) is 39.2 Å². The second-order valence-corrected chi connectivity index (χ2v) is 4.97. The zero-order valence-corrected chi connectivity index (χ0v) is 10.7. The Kier molecular flexibility index (Phi) is 3.76. The van der Waals surface area contributed by atoms with E-state index in [1.807, 2.05) is 24.3 Å². The molecule has 0 amide bonds. The fourth-order valence-electron chi connectivity index (χ4n) is 1.41. The molecule has 17 heavy (non-hydrogen) atoms. The van der Waals surface area contributed by atoms with E-state index in [1.165, 1.54) is 24.6 Å². The lowest BCUT2D eigenvalue weighted by molar-refractivity contribution is 0.0606. The highest BCUT2D eigenvalue weighted by molar-refractivity contribution is 7.13. The van der Waals surface area contributed by atoms with Crippen LogP contribution in [0.25, 0.3) is 0 Å². The van der Waals surface area contributed by atoms with Crippen molar-refractivity contribution in [3.05, 3.63) is 50.9 Å². The fraction of sp³-hybridized carbons (Fsp3) is 0.167. The second-order valence-electron chi connectivity index (χ2n) is 3.42. The van der Waals surface area contributed by atoms with E-state index in [4.69, 9.17) is 11.6 Å². The van der Waals surface area contributed by atoms with E-state index in [0.717, 1.165) is 10.6 Å². The molecule has 0 aliphatic rings. The number of carbonyl (C=O) groups excluding carboxylic acids is 1. The lowest BCUT2D eigenvalue weighted by Gasteiger charge is -1.98. The van der Waals surface area contributed by atoms with Crippen LogP contribution in [0.4, 0.5) is 0 Å². The molecule has 0 saturated heterocycles. The minimum atomic E-state index is -0.347. The molecule has 1 aromatic heterocycles. The number of thiazole rings is 1. The van der Waals surface area contributed by atoms with Crippen molar-refractivity contribution in [1.82, 2.24) is 4.98 Å². The number of benzene rings is 1. The molecule has 0 aliphatic heterocycles. The van der Waals surface area contributed by atoms with Crippen molar-refractivity contribution in [2.75, 3.05) is 7.11 Å². The standard InChI is InChI=1S/C12H10ClNO2S/c1-16-12(15)10-7-14-11(17-10)6-8-3-2-4-9(13)5-8/h2-5,7H,6H2,1H3. The number of nitrogens with zero attached hydrogens (tertiary/aromatic N) is 1. The van der Waals surface area contributed by atoms with E-state index in [1.54, 1.807) is 0 Å². The molecule has 0 saturated carbocycles. The normalized spacial score (nSPS) is 10.2. The number of methoxy groups -OCH3 is 1. The predicted molar refractivity (Wildman–Crippen MR) is 67.7 cm³/mol. The number of halogens is 1. The van der Waals surface area contributed by atoms with Gasteiger partial charge in [0.2, 0.25) is 0 Å². The molecule has 5 heteroatoms. The zero-order valence-electron chi connectivity index (χ0n) is 9.14. The quantitative estimate of drug-likeness (QED) is 0.802. The molecule has 88 valence electrons. The SMILES string of the molecule is COC(=O)c1cnc(Cc2cccc(Cl)c2)s1. The summed E-state index contributed by atoms with van der Waals surface area (Å²) in [5.74, 6) is -0.347. The third-order valence-electron chi connectivity index (χ3n) is 2.18. The van der Waals surface area contributed by atoms with Crippen LogP contribution in [0.15, 0.2) is 30.5 Å². The summed E-state index contributed by atoms with van der Waals surface area (Å²) in [6.45, 7) is 0. The van der Waals surface area contributed by atoms with E-state index in [2.05, 4.69) is 9.72 Å². The molecule has 2 aromatic rings. The largest absolute Gasteiger partial charge is 0.465 e. The highest BCUT2D eigenvalue weighted by Crippen LogP contribution is 2.19. The molecule has 1 heterocycles. The van der Waals surface area contributed by atoms with Gasteiger partial charge in [-0.1, -0.05) is 23.7 Å². The summed E-state index contributed by atoms with van der Waals surface area (Å²) >= 11 is 7.24. The smallest absolute Gasteiger partial charge is 0.349 e. The Labute approximate surface area is 108 Å². The van der Waals surface area contributed by atoms with Crippen molar-refractivity contribution in [2.45, 2.75) is 6.42 Å². The number of rotatable bonds is 3. The first-order chi connectivity index (χ1) is 8.19.